The molecule has 0 heterocycles. The monoisotopic (exact) mass is 334 g/mol. The Morgan fingerprint density at radius 2 is 1.50 bits per heavy atom. The minimum atomic E-state index is -1.50. The number of hydrogen-bond donors (Lipinski definition) is 2. The van der Waals surface area contributed by atoms with Crippen molar-refractivity contribution in [3.05, 3.63) is 0 Å². The van der Waals surface area contributed by atoms with E-state index in [0.717, 1.165) is 36.0 Å². The first-order valence-corrected chi connectivity index (χ1v) is 10.6. The summed E-state index contributed by atoms with van der Waals surface area (Å²) in [5, 5.41) is 20.7. The zero-order valence-corrected chi connectivity index (χ0v) is 16.2. The lowest BCUT2D eigenvalue weighted by Gasteiger charge is -2.61. The highest BCUT2D eigenvalue weighted by atomic mass is 16.5. The summed E-state index contributed by atoms with van der Waals surface area (Å²) in [6.07, 6.45) is 11.9. The van der Waals surface area contributed by atoms with Crippen molar-refractivity contribution in [3.63, 3.8) is 0 Å². The van der Waals surface area contributed by atoms with Crippen molar-refractivity contribution in [2.45, 2.75) is 91.3 Å². The van der Waals surface area contributed by atoms with Crippen LogP contribution in [0.4, 0.5) is 0 Å². The molecule has 2 N–H and O–H groups in total. The van der Waals surface area contributed by atoms with Crippen LogP contribution in [-0.4, -0.2) is 16.0 Å². The normalized spacial score (nSPS) is 54.8. The van der Waals surface area contributed by atoms with Crippen molar-refractivity contribution in [2.24, 2.45) is 46.3 Å². The fourth-order valence-corrected chi connectivity index (χ4v) is 8.37. The van der Waals surface area contributed by atoms with Gasteiger partial charge in [-0.1, -0.05) is 27.2 Å². The summed E-state index contributed by atoms with van der Waals surface area (Å²) in [5.74, 6) is 2.89. The van der Waals surface area contributed by atoms with Crippen molar-refractivity contribution < 1.29 is 10.2 Å². The lowest BCUT2D eigenvalue weighted by atomic mass is 9.44. The third-order valence-corrected chi connectivity index (χ3v) is 9.59. The van der Waals surface area contributed by atoms with E-state index in [4.69, 9.17) is 0 Å². The molecular weight excluding hydrogens is 296 g/mol. The van der Waals surface area contributed by atoms with Gasteiger partial charge in [0, 0.05) is 5.92 Å². The molecule has 2 heteroatoms. The number of aliphatic hydroxyl groups is 2. The summed E-state index contributed by atoms with van der Waals surface area (Å²) in [7, 11) is 0. The Labute approximate surface area is 148 Å². The van der Waals surface area contributed by atoms with E-state index in [0.29, 0.717) is 5.41 Å². The van der Waals surface area contributed by atoms with Crippen LogP contribution in [0.25, 0.3) is 0 Å². The molecule has 0 aromatic rings. The maximum Gasteiger partial charge on any atom is 0.163 e. The summed E-state index contributed by atoms with van der Waals surface area (Å²) in [6.45, 7) is 9.08. The average Bonchev–Trinajstić information content (AvgIpc) is 2.85. The molecular formula is C22H38O2. The second-order valence-corrected chi connectivity index (χ2v) is 10.8. The van der Waals surface area contributed by atoms with Crippen LogP contribution in [-0.2, 0) is 0 Å². The predicted molar refractivity (Wildman–Crippen MR) is 97.2 cm³/mol. The van der Waals surface area contributed by atoms with Gasteiger partial charge in [0.15, 0.2) is 5.79 Å². The van der Waals surface area contributed by atoms with E-state index in [-0.39, 0.29) is 11.3 Å². The van der Waals surface area contributed by atoms with Gasteiger partial charge in [-0.3, -0.25) is 0 Å². The van der Waals surface area contributed by atoms with Gasteiger partial charge in [0.1, 0.15) is 0 Å². The number of fused-ring (bicyclic) bond motifs is 5. The Balaban J connectivity index is 1.61. The molecule has 0 amide bonds. The highest BCUT2D eigenvalue weighted by Gasteiger charge is 2.62. The van der Waals surface area contributed by atoms with Crippen LogP contribution in [0.5, 0.6) is 0 Å². The first-order chi connectivity index (χ1) is 11.2. The maximum atomic E-state index is 10.3. The summed E-state index contributed by atoms with van der Waals surface area (Å²) in [4.78, 5) is 0. The van der Waals surface area contributed by atoms with Crippen LogP contribution in [0.15, 0.2) is 0 Å². The van der Waals surface area contributed by atoms with Crippen LogP contribution in [0.2, 0.25) is 0 Å². The van der Waals surface area contributed by atoms with E-state index in [1.54, 1.807) is 6.92 Å². The Morgan fingerprint density at radius 3 is 2.21 bits per heavy atom. The quantitative estimate of drug-likeness (QED) is 0.664. The van der Waals surface area contributed by atoms with Gasteiger partial charge >= 0.3 is 0 Å². The molecule has 0 aromatic carbocycles. The first-order valence-electron chi connectivity index (χ1n) is 10.6. The molecule has 0 bridgehead atoms. The standard InChI is InChI=1S/C22H38O2/c1-14-9-11-20(2)15(13-14)5-6-16-17-7-8-19(22(4,23)24)21(17,3)12-10-18(16)20/h14-19,23-24H,5-13H2,1-4H3/t14?,15-,16?,17?,18?,19-,20?,21?/m0/s1. The zero-order chi connectivity index (χ0) is 17.3. The third kappa shape index (κ3) is 2.35. The maximum absolute atomic E-state index is 10.3. The van der Waals surface area contributed by atoms with E-state index < -0.39 is 5.79 Å². The first kappa shape index (κ1) is 17.3. The average molecular weight is 335 g/mol. The fourth-order valence-electron chi connectivity index (χ4n) is 8.37. The highest BCUT2D eigenvalue weighted by Crippen LogP contribution is 2.68. The second kappa shape index (κ2) is 5.46. The summed E-state index contributed by atoms with van der Waals surface area (Å²) in [5.41, 5.74) is 0.709. The Kier molecular flexibility index (Phi) is 3.94. The number of rotatable bonds is 1. The molecule has 4 aliphatic rings. The Hall–Kier alpha value is -0.0800. The topological polar surface area (TPSA) is 40.5 Å². The van der Waals surface area contributed by atoms with Crippen LogP contribution in [0.3, 0.4) is 0 Å². The third-order valence-electron chi connectivity index (χ3n) is 9.59. The van der Waals surface area contributed by atoms with E-state index in [9.17, 15) is 10.2 Å². The molecule has 0 aliphatic heterocycles. The van der Waals surface area contributed by atoms with E-state index in [1.807, 2.05) is 0 Å². The highest BCUT2D eigenvalue weighted by molar-refractivity contribution is 5.10. The summed E-state index contributed by atoms with van der Waals surface area (Å²) < 4.78 is 0. The molecule has 138 valence electrons. The van der Waals surface area contributed by atoms with Crippen LogP contribution < -0.4 is 0 Å². The van der Waals surface area contributed by atoms with Crippen LogP contribution in [0, 0.1) is 46.3 Å². The largest absolute Gasteiger partial charge is 0.366 e. The van der Waals surface area contributed by atoms with Crippen molar-refractivity contribution >= 4 is 0 Å². The van der Waals surface area contributed by atoms with Crippen molar-refractivity contribution in [3.8, 4) is 0 Å². The summed E-state index contributed by atoms with van der Waals surface area (Å²) >= 11 is 0. The van der Waals surface area contributed by atoms with Crippen molar-refractivity contribution in [2.75, 3.05) is 0 Å². The minimum Gasteiger partial charge on any atom is -0.366 e. The van der Waals surface area contributed by atoms with Gasteiger partial charge in [-0.15, -0.1) is 0 Å². The predicted octanol–water partition coefficient (Wildman–Crippen LogP) is 4.98. The minimum absolute atomic E-state index is 0.0628. The molecule has 0 spiro atoms. The Morgan fingerprint density at radius 1 is 0.833 bits per heavy atom. The van der Waals surface area contributed by atoms with Gasteiger partial charge in [0.05, 0.1) is 0 Å². The lowest BCUT2D eigenvalue weighted by Crippen LogP contribution is -2.55. The molecule has 8 atom stereocenters. The molecule has 4 saturated carbocycles. The van der Waals surface area contributed by atoms with Crippen molar-refractivity contribution in [1.29, 1.82) is 0 Å². The van der Waals surface area contributed by atoms with E-state index in [2.05, 4.69) is 20.8 Å². The Bertz CT molecular complexity index is 495. The zero-order valence-electron chi connectivity index (χ0n) is 16.2. The molecule has 24 heavy (non-hydrogen) atoms. The van der Waals surface area contributed by atoms with Gasteiger partial charge in [0.2, 0.25) is 0 Å². The molecule has 0 radical (unpaired) electrons. The van der Waals surface area contributed by atoms with Gasteiger partial charge in [-0.25, -0.2) is 0 Å². The lowest BCUT2D eigenvalue weighted by molar-refractivity contribution is -0.222. The van der Waals surface area contributed by atoms with Gasteiger partial charge in [-0.05, 0) is 98.7 Å². The van der Waals surface area contributed by atoms with E-state index >= 15 is 0 Å². The second-order valence-electron chi connectivity index (χ2n) is 10.8. The van der Waals surface area contributed by atoms with Gasteiger partial charge < -0.3 is 10.2 Å². The number of hydrogen-bond acceptors (Lipinski definition) is 2. The van der Waals surface area contributed by atoms with Crippen molar-refractivity contribution in [1.82, 2.24) is 0 Å². The van der Waals surface area contributed by atoms with Gasteiger partial charge in [0.25, 0.3) is 0 Å². The SMILES string of the molecule is CC1CCC2(C)C3CCC4(C)C(CC[C@@H]4C(C)(O)O)C3CC[C@H]2C1. The van der Waals surface area contributed by atoms with Gasteiger partial charge in [-0.2, -0.15) is 0 Å². The molecule has 2 nitrogen and oxygen atoms in total. The molecule has 4 rings (SSSR count). The summed E-state index contributed by atoms with van der Waals surface area (Å²) in [6, 6.07) is 0. The molecule has 4 fully saturated rings. The fraction of sp³-hybridized carbons (Fsp3) is 1.00. The van der Waals surface area contributed by atoms with E-state index in [1.165, 1.54) is 51.4 Å². The van der Waals surface area contributed by atoms with Crippen LogP contribution >= 0.6 is 0 Å². The molecule has 4 aliphatic carbocycles. The molecule has 0 saturated heterocycles. The molecule has 0 aromatic heterocycles. The van der Waals surface area contributed by atoms with Crippen LogP contribution in [0.1, 0.15) is 85.5 Å². The smallest absolute Gasteiger partial charge is 0.163 e. The molecule has 6 unspecified atom stereocenters.